The molecule has 1 heterocycles. The van der Waals surface area contributed by atoms with Gasteiger partial charge in [0, 0.05) is 5.69 Å². The summed E-state index contributed by atoms with van der Waals surface area (Å²) in [6.07, 6.45) is 0. The van der Waals surface area contributed by atoms with Gasteiger partial charge in [0.25, 0.3) is 0 Å². The number of fused-ring (bicyclic) bond motifs is 4. The zero-order valence-electron chi connectivity index (χ0n) is 22.2. The largest absolute Gasteiger partial charge is 0.297 e. The van der Waals surface area contributed by atoms with Crippen LogP contribution >= 0.6 is 0 Å². The summed E-state index contributed by atoms with van der Waals surface area (Å²) in [7, 11) is 0. The molecular weight excluding hydrogens is 484 g/mol. The maximum absolute atomic E-state index is 4.99. The molecule has 0 radical (unpaired) electrons. The van der Waals surface area contributed by atoms with Gasteiger partial charge in [0.15, 0.2) is 0 Å². The molecule has 0 saturated carbocycles. The van der Waals surface area contributed by atoms with E-state index in [2.05, 4.69) is 145 Å². The Morgan fingerprint density at radius 1 is 0.475 bits per heavy atom. The van der Waals surface area contributed by atoms with Gasteiger partial charge >= 0.3 is 0 Å². The van der Waals surface area contributed by atoms with Gasteiger partial charge in [-0.3, -0.25) is 4.57 Å². The number of aryl methyl sites for hydroxylation is 1. The fourth-order valence-electron chi connectivity index (χ4n) is 6.35. The van der Waals surface area contributed by atoms with Gasteiger partial charge in [-0.05, 0) is 91.8 Å². The van der Waals surface area contributed by atoms with Gasteiger partial charge in [0.1, 0.15) is 5.82 Å². The monoisotopic (exact) mass is 510 g/mol. The van der Waals surface area contributed by atoms with E-state index in [1.807, 2.05) is 6.07 Å². The van der Waals surface area contributed by atoms with Crippen LogP contribution in [0.3, 0.4) is 0 Å². The minimum atomic E-state index is 0.986. The number of imidazole rings is 1. The van der Waals surface area contributed by atoms with Gasteiger partial charge in [-0.15, -0.1) is 0 Å². The highest BCUT2D eigenvalue weighted by Gasteiger charge is 2.18. The van der Waals surface area contributed by atoms with Gasteiger partial charge < -0.3 is 0 Å². The average molecular weight is 511 g/mol. The van der Waals surface area contributed by atoms with Crippen LogP contribution in [0.4, 0.5) is 0 Å². The van der Waals surface area contributed by atoms with E-state index in [0.29, 0.717) is 0 Å². The molecule has 0 amide bonds. The molecule has 0 aliphatic heterocycles. The van der Waals surface area contributed by atoms with Crippen LogP contribution < -0.4 is 0 Å². The molecule has 8 rings (SSSR count). The second-order valence-electron chi connectivity index (χ2n) is 10.4. The predicted molar refractivity (Wildman–Crippen MR) is 169 cm³/mol. The van der Waals surface area contributed by atoms with Crippen LogP contribution in [0.15, 0.2) is 140 Å². The lowest BCUT2D eigenvalue weighted by Gasteiger charge is -2.18. The number of benzene rings is 7. The first-order valence-electron chi connectivity index (χ1n) is 13.7. The Kier molecular flexibility index (Phi) is 5.08. The summed E-state index contributed by atoms with van der Waals surface area (Å²) < 4.78 is 2.23. The van der Waals surface area contributed by atoms with Crippen molar-refractivity contribution in [3.63, 3.8) is 0 Å². The van der Waals surface area contributed by atoms with Crippen molar-refractivity contribution < 1.29 is 0 Å². The van der Waals surface area contributed by atoms with Gasteiger partial charge in [-0.2, -0.15) is 0 Å². The third kappa shape index (κ3) is 3.47. The Morgan fingerprint density at radius 3 is 1.65 bits per heavy atom. The van der Waals surface area contributed by atoms with Crippen LogP contribution in [0.5, 0.6) is 0 Å². The smallest absolute Gasteiger partial charge is 0.111 e. The molecule has 188 valence electrons. The fraction of sp³-hybridized carbons (Fsp3) is 0.0263. The molecule has 7 aromatic carbocycles. The molecule has 8 aromatic rings. The third-order valence-corrected chi connectivity index (χ3v) is 8.09. The number of hydrogen-bond acceptors (Lipinski definition) is 1. The topological polar surface area (TPSA) is 17.8 Å². The quantitative estimate of drug-likeness (QED) is 0.216. The molecule has 40 heavy (non-hydrogen) atoms. The van der Waals surface area contributed by atoms with Crippen molar-refractivity contribution in [2.45, 2.75) is 6.92 Å². The Bertz CT molecular complexity index is 2160. The zero-order valence-corrected chi connectivity index (χ0v) is 22.2. The Hall–Kier alpha value is -5.21. The molecule has 1 aromatic heterocycles. The van der Waals surface area contributed by atoms with Crippen molar-refractivity contribution in [1.29, 1.82) is 0 Å². The first-order valence-corrected chi connectivity index (χ1v) is 13.7. The summed E-state index contributed by atoms with van der Waals surface area (Å²) in [6.45, 7) is 2.08. The molecule has 0 N–H and O–H groups in total. The number of nitrogens with zero attached hydrogens (tertiary/aromatic N) is 2. The van der Waals surface area contributed by atoms with E-state index in [4.69, 9.17) is 4.98 Å². The van der Waals surface area contributed by atoms with E-state index in [9.17, 15) is 0 Å². The molecule has 2 heteroatoms. The standard InChI is InChI=1S/C38H26N2/c1-25-39-35-24-29(21-22-36(35)40(25)30-13-3-2-4-14-30)38-33-17-9-7-15-31(33)37(32-16-8-10-18-34(32)38)28-20-19-26-11-5-6-12-27(26)23-28/h2-24H,1H3. The minimum Gasteiger partial charge on any atom is -0.297 e. The highest BCUT2D eigenvalue weighted by Crippen LogP contribution is 2.44. The maximum Gasteiger partial charge on any atom is 0.111 e. The minimum absolute atomic E-state index is 0.986. The third-order valence-electron chi connectivity index (χ3n) is 8.09. The summed E-state index contributed by atoms with van der Waals surface area (Å²) in [5.41, 5.74) is 8.22. The van der Waals surface area contributed by atoms with E-state index in [0.717, 1.165) is 22.5 Å². The average Bonchev–Trinajstić information content (AvgIpc) is 3.34. The highest BCUT2D eigenvalue weighted by atomic mass is 15.1. The lowest BCUT2D eigenvalue weighted by Crippen LogP contribution is -1.96. The maximum atomic E-state index is 4.99. The molecule has 0 atom stereocenters. The van der Waals surface area contributed by atoms with E-state index >= 15 is 0 Å². The molecule has 0 bridgehead atoms. The Labute approximate surface area is 232 Å². The molecule has 0 spiro atoms. The van der Waals surface area contributed by atoms with Gasteiger partial charge in [0.2, 0.25) is 0 Å². The highest BCUT2D eigenvalue weighted by molar-refractivity contribution is 6.22. The number of para-hydroxylation sites is 1. The normalized spacial score (nSPS) is 11.6. The van der Waals surface area contributed by atoms with E-state index in [-0.39, 0.29) is 0 Å². The van der Waals surface area contributed by atoms with Crippen molar-refractivity contribution in [2.75, 3.05) is 0 Å². The molecule has 2 nitrogen and oxygen atoms in total. The Balaban J connectivity index is 1.41. The SMILES string of the molecule is Cc1nc2cc(-c3c4ccccc4c(-c4ccc5ccccc5c4)c4ccccc34)ccc2n1-c1ccccc1. The van der Waals surface area contributed by atoms with Crippen molar-refractivity contribution in [3.8, 4) is 27.9 Å². The lowest BCUT2D eigenvalue weighted by atomic mass is 9.85. The Morgan fingerprint density at radius 2 is 1.00 bits per heavy atom. The van der Waals surface area contributed by atoms with Crippen molar-refractivity contribution in [1.82, 2.24) is 9.55 Å². The van der Waals surface area contributed by atoms with Crippen LogP contribution in [-0.2, 0) is 0 Å². The molecule has 0 aliphatic rings. The summed E-state index contributed by atoms with van der Waals surface area (Å²) in [5.74, 6) is 0.986. The van der Waals surface area contributed by atoms with Crippen molar-refractivity contribution in [2.24, 2.45) is 0 Å². The summed E-state index contributed by atoms with van der Waals surface area (Å²) in [6, 6.07) is 50.3. The zero-order chi connectivity index (χ0) is 26.6. The summed E-state index contributed by atoms with van der Waals surface area (Å²) in [5, 5.41) is 7.54. The molecule has 0 unspecified atom stereocenters. The molecular formula is C38H26N2. The lowest BCUT2D eigenvalue weighted by molar-refractivity contribution is 1.00. The fourth-order valence-corrected chi connectivity index (χ4v) is 6.35. The molecule has 0 saturated heterocycles. The van der Waals surface area contributed by atoms with Gasteiger partial charge in [-0.1, -0.05) is 109 Å². The van der Waals surface area contributed by atoms with Gasteiger partial charge in [-0.25, -0.2) is 4.98 Å². The van der Waals surface area contributed by atoms with E-state index in [1.165, 1.54) is 54.6 Å². The number of hydrogen-bond donors (Lipinski definition) is 0. The predicted octanol–water partition coefficient (Wildman–Crippen LogP) is 10.1. The van der Waals surface area contributed by atoms with E-state index < -0.39 is 0 Å². The van der Waals surface area contributed by atoms with Gasteiger partial charge in [0.05, 0.1) is 11.0 Å². The van der Waals surface area contributed by atoms with Crippen molar-refractivity contribution in [3.05, 3.63) is 145 Å². The van der Waals surface area contributed by atoms with Crippen molar-refractivity contribution >= 4 is 43.4 Å². The first kappa shape index (κ1) is 22.7. The van der Waals surface area contributed by atoms with Crippen LogP contribution in [-0.4, -0.2) is 9.55 Å². The second kappa shape index (κ2) is 8.93. The van der Waals surface area contributed by atoms with Crippen LogP contribution in [0.2, 0.25) is 0 Å². The second-order valence-corrected chi connectivity index (χ2v) is 10.4. The molecule has 0 fully saturated rings. The first-order chi connectivity index (χ1) is 19.8. The van der Waals surface area contributed by atoms with Crippen LogP contribution in [0.25, 0.3) is 71.3 Å². The molecule has 0 aliphatic carbocycles. The number of rotatable bonds is 3. The summed E-state index contributed by atoms with van der Waals surface area (Å²) >= 11 is 0. The van der Waals surface area contributed by atoms with E-state index in [1.54, 1.807) is 0 Å². The number of aromatic nitrogens is 2. The summed E-state index contributed by atoms with van der Waals surface area (Å²) in [4.78, 5) is 4.99. The van der Waals surface area contributed by atoms with Crippen LogP contribution in [0.1, 0.15) is 5.82 Å². The van der Waals surface area contributed by atoms with Crippen LogP contribution in [0, 0.1) is 6.92 Å².